The normalized spacial score (nSPS) is 11.8. The summed E-state index contributed by atoms with van der Waals surface area (Å²) in [5.41, 5.74) is 4.01. The van der Waals surface area contributed by atoms with Crippen LogP contribution in [0.2, 0.25) is 5.15 Å². The molecule has 0 saturated heterocycles. The van der Waals surface area contributed by atoms with Gasteiger partial charge < -0.3 is 4.57 Å². The summed E-state index contributed by atoms with van der Waals surface area (Å²) in [6.07, 6.45) is 1.41. The van der Waals surface area contributed by atoms with Crippen LogP contribution in [0.5, 0.6) is 0 Å². The maximum absolute atomic E-state index is 12.0. The summed E-state index contributed by atoms with van der Waals surface area (Å²) in [4.78, 5) is 16.5. The van der Waals surface area contributed by atoms with Crippen LogP contribution in [0.1, 0.15) is 10.4 Å². The van der Waals surface area contributed by atoms with Crippen LogP contribution in [0.3, 0.4) is 0 Å². The van der Waals surface area contributed by atoms with E-state index in [1.165, 1.54) is 17.5 Å². The summed E-state index contributed by atoms with van der Waals surface area (Å²) >= 11 is 7.20. The third-order valence-electron chi connectivity index (χ3n) is 2.96. The average Bonchev–Trinajstić information content (AvgIpc) is 2.82. The van der Waals surface area contributed by atoms with E-state index >= 15 is 0 Å². The van der Waals surface area contributed by atoms with E-state index in [-0.39, 0.29) is 5.91 Å². The first-order chi connectivity index (χ1) is 10.1. The molecule has 3 rings (SSSR count). The predicted molar refractivity (Wildman–Crippen MR) is 83.1 cm³/mol. The molecule has 7 heteroatoms. The molecule has 106 valence electrons. The minimum atomic E-state index is -0.323. The number of carbonyl (C=O) groups is 1. The quantitative estimate of drug-likeness (QED) is 0.583. The molecular formula is C14H11ClN4OS. The van der Waals surface area contributed by atoms with E-state index in [0.29, 0.717) is 15.5 Å². The molecule has 0 saturated carbocycles. The fraction of sp³-hybridized carbons (Fsp3) is 0.0714. The number of aryl methyl sites for hydroxylation is 1. The van der Waals surface area contributed by atoms with Gasteiger partial charge in [0.25, 0.3) is 5.91 Å². The number of benzene rings is 1. The van der Waals surface area contributed by atoms with Crippen LogP contribution >= 0.6 is 22.9 Å². The first-order valence-electron chi connectivity index (χ1n) is 6.15. The van der Waals surface area contributed by atoms with Gasteiger partial charge in [-0.3, -0.25) is 4.79 Å². The molecule has 2 aromatic heterocycles. The highest BCUT2D eigenvalue weighted by Crippen LogP contribution is 2.14. The van der Waals surface area contributed by atoms with Gasteiger partial charge in [-0.2, -0.15) is 0 Å². The van der Waals surface area contributed by atoms with Gasteiger partial charge in [0.15, 0.2) is 0 Å². The Morgan fingerprint density at radius 2 is 2.14 bits per heavy atom. The molecule has 0 spiro atoms. The second-order valence-corrected chi connectivity index (χ2v) is 5.73. The number of hydrogen-bond donors (Lipinski definition) is 1. The zero-order valence-corrected chi connectivity index (χ0v) is 12.6. The highest BCUT2D eigenvalue weighted by molar-refractivity contribution is 7.16. The molecule has 1 amide bonds. The Labute approximate surface area is 129 Å². The first-order valence-corrected chi connectivity index (χ1v) is 7.35. The molecule has 1 aromatic carbocycles. The van der Waals surface area contributed by atoms with Crippen LogP contribution in [0.25, 0.3) is 10.2 Å². The van der Waals surface area contributed by atoms with E-state index in [1.807, 2.05) is 35.9 Å². The van der Waals surface area contributed by atoms with Gasteiger partial charge in [-0.1, -0.05) is 35.1 Å². The molecule has 0 fully saturated rings. The number of nitrogens with one attached hydrogen (secondary N) is 1. The summed E-state index contributed by atoms with van der Waals surface area (Å²) in [7, 11) is 1.91. The molecule has 1 N–H and O–H groups in total. The Morgan fingerprint density at radius 1 is 1.33 bits per heavy atom. The van der Waals surface area contributed by atoms with E-state index < -0.39 is 0 Å². The van der Waals surface area contributed by atoms with Crippen molar-refractivity contribution in [3.63, 3.8) is 0 Å². The number of halogens is 1. The SMILES string of the molecule is Cn1/c(=N/NC(=O)c2ccc(Cl)nc2)sc2ccccc21. The van der Waals surface area contributed by atoms with Gasteiger partial charge in [0.1, 0.15) is 5.15 Å². The van der Waals surface area contributed by atoms with Gasteiger partial charge in [0.05, 0.1) is 15.8 Å². The van der Waals surface area contributed by atoms with Crippen LogP contribution in [-0.4, -0.2) is 15.5 Å². The third kappa shape index (κ3) is 2.81. The minimum Gasteiger partial charge on any atom is -0.318 e. The Kier molecular flexibility index (Phi) is 3.72. The van der Waals surface area contributed by atoms with Crippen LogP contribution in [0.4, 0.5) is 0 Å². The van der Waals surface area contributed by atoms with Gasteiger partial charge in [-0.25, -0.2) is 10.4 Å². The minimum absolute atomic E-state index is 0.323. The molecule has 2 heterocycles. The van der Waals surface area contributed by atoms with Crippen molar-refractivity contribution in [2.45, 2.75) is 0 Å². The summed E-state index contributed by atoms with van der Waals surface area (Å²) in [5.74, 6) is -0.323. The van der Waals surface area contributed by atoms with Crippen molar-refractivity contribution in [3.8, 4) is 0 Å². The number of pyridine rings is 1. The van der Waals surface area contributed by atoms with E-state index in [1.54, 1.807) is 12.1 Å². The Bertz CT molecular complexity index is 867. The van der Waals surface area contributed by atoms with Crippen LogP contribution in [0.15, 0.2) is 47.7 Å². The summed E-state index contributed by atoms with van der Waals surface area (Å²) in [5, 5.41) is 4.51. The highest BCUT2D eigenvalue weighted by Gasteiger charge is 2.06. The van der Waals surface area contributed by atoms with Crippen LogP contribution in [-0.2, 0) is 7.05 Å². The summed E-state index contributed by atoms with van der Waals surface area (Å²) < 4.78 is 3.04. The van der Waals surface area contributed by atoms with Crippen molar-refractivity contribution < 1.29 is 4.79 Å². The Morgan fingerprint density at radius 3 is 2.86 bits per heavy atom. The topological polar surface area (TPSA) is 59.3 Å². The Hall–Kier alpha value is -2.18. The molecule has 0 aliphatic carbocycles. The maximum atomic E-state index is 12.0. The van der Waals surface area contributed by atoms with Crippen molar-refractivity contribution in [1.82, 2.24) is 15.0 Å². The molecule has 0 atom stereocenters. The van der Waals surface area contributed by atoms with E-state index in [2.05, 4.69) is 15.5 Å². The molecule has 0 aliphatic rings. The number of hydrogen-bond acceptors (Lipinski definition) is 4. The smallest absolute Gasteiger partial charge is 0.273 e. The zero-order valence-electron chi connectivity index (χ0n) is 11.1. The first kappa shape index (κ1) is 13.8. The number of fused-ring (bicyclic) bond motifs is 1. The van der Waals surface area contributed by atoms with E-state index in [4.69, 9.17) is 11.6 Å². The second kappa shape index (κ2) is 5.67. The van der Waals surface area contributed by atoms with E-state index in [0.717, 1.165) is 10.2 Å². The number of nitrogens with zero attached hydrogens (tertiary/aromatic N) is 3. The van der Waals surface area contributed by atoms with Gasteiger partial charge in [-0.15, -0.1) is 5.10 Å². The fourth-order valence-corrected chi connectivity index (χ4v) is 2.95. The summed E-state index contributed by atoms with van der Waals surface area (Å²) in [6.45, 7) is 0. The maximum Gasteiger partial charge on any atom is 0.273 e. The Balaban J connectivity index is 1.89. The standard InChI is InChI=1S/C14H11ClN4OS/c1-19-10-4-2-3-5-11(10)21-14(19)18-17-13(20)9-6-7-12(15)16-8-9/h2-8H,1H3,(H,17,20)/b18-14-. The number of thiazole rings is 1. The van der Waals surface area contributed by atoms with Gasteiger partial charge in [-0.05, 0) is 24.3 Å². The predicted octanol–water partition coefficient (Wildman–Crippen LogP) is 2.53. The molecule has 5 nitrogen and oxygen atoms in total. The number of aromatic nitrogens is 2. The molecule has 0 aliphatic heterocycles. The molecule has 0 unspecified atom stereocenters. The van der Waals surface area contributed by atoms with Crippen molar-refractivity contribution in [1.29, 1.82) is 0 Å². The third-order valence-corrected chi connectivity index (χ3v) is 4.29. The zero-order chi connectivity index (χ0) is 14.8. The van der Waals surface area contributed by atoms with Crippen LogP contribution < -0.4 is 10.2 Å². The number of para-hydroxylation sites is 1. The summed E-state index contributed by atoms with van der Waals surface area (Å²) in [6, 6.07) is 11.1. The largest absolute Gasteiger partial charge is 0.318 e. The van der Waals surface area contributed by atoms with Crippen molar-refractivity contribution >= 4 is 39.1 Å². The number of amides is 1. The molecule has 0 radical (unpaired) electrons. The van der Waals surface area contributed by atoms with Crippen molar-refractivity contribution in [3.05, 3.63) is 58.1 Å². The molecule has 21 heavy (non-hydrogen) atoms. The monoisotopic (exact) mass is 318 g/mol. The highest BCUT2D eigenvalue weighted by atomic mass is 35.5. The molecular weight excluding hydrogens is 308 g/mol. The van der Waals surface area contributed by atoms with Gasteiger partial charge in [0.2, 0.25) is 4.80 Å². The number of carbonyl (C=O) groups excluding carboxylic acids is 1. The fourth-order valence-electron chi connectivity index (χ4n) is 1.86. The van der Waals surface area contributed by atoms with Crippen molar-refractivity contribution in [2.75, 3.05) is 0 Å². The lowest BCUT2D eigenvalue weighted by molar-refractivity contribution is 0.0952. The number of rotatable bonds is 2. The molecule has 0 bridgehead atoms. The van der Waals surface area contributed by atoms with Crippen molar-refractivity contribution in [2.24, 2.45) is 12.1 Å². The average molecular weight is 319 g/mol. The second-order valence-electron chi connectivity index (χ2n) is 4.33. The lowest BCUT2D eigenvalue weighted by Gasteiger charge is -1.99. The van der Waals surface area contributed by atoms with Crippen LogP contribution in [0, 0.1) is 0 Å². The molecule has 3 aromatic rings. The lowest BCUT2D eigenvalue weighted by Crippen LogP contribution is -2.23. The van der Waals surface area contributed by atoms with E-state index in [9.17, 15) is 4.79 Å². The van der Waals surface area contributed by atoms with Gasteiger partial charge >= 0.3 is 0 Å². The lowest BCUT2D eigenvalue weighted by atomic mass is 10.3. The van der Waals surface area contributed by atoms with Gasteiger partial charge in [0, 0.05) is 13.2 Å².